The van der Waals surface area contributed by atoms with Gasteiger partial charge in [0.2, 0.25) is 0 Å². The molecule has 0 fully saturated rings. The molecule has 0 amide bonds. The molecule has 0 unspecified atom stereocenters. The van der Waals surface area contributed by atoms with Gasteiger partial charge in [-0.1, -0.05) is 368 Å². The van der Waals surface area contributed by atoms with Crippen LogP contribution < -0.4 is 0 Å². The van der Waals surface area contributed by atoms with E-state index in [2.05, 4.69) is 404 Å². The van der Waals surface area contributed by atoms with Gasteiger partial charge in [-0.2, -0.15) is 0 Å². The fraction of sp³-hybridized carbons (Fsp3) is 0.0714. The molecule has 524 valence electrons. The Bertz CT molecular complexity index is 6950. The minimum absolute atomic E-state index is 0.0798. The van der Waals surface area contributed by atoms with E-state index in [9.17, 15) is 0 Å². The Morgan fingerprint density at radius 1 is 0.161 bits per heavy atom. The highest BCUT2D eigenvalue weighted by Crippen LogP contribution is 2.50. The van der Waals surface area contributed by atoms with Crippen molar-refractivity contribution < 1.29 is 0 Å². The third kappa shape index (κ3) is 12.5. The maximum atomic E-state index is 3.70. The molecule has 0 aliphatic carbocycles. The van der Waals surface area contributed by atoms with Crippen LogP contribution in [0.15, 0.2) is 352 Å². The first-order chi connectivity index (χ1) is 54.8. The van der Waals surface area contributed by atoms with Gasteiger partial charge in [0.15, 0.2) is 0 Å². The van der Waals surface area contributed by atoms with Gasteiger partial charge in [0.1, 0.15) is 0 Å². The predicted octanol–water partition coefficient (Wildman–Crippen LogP) is 28.6. The summed E-state index contributed by atoms with van der Waals surface area (Å²) < 4.78 is 0. The standard InChI is InChI=1S/C60H46.C52H30/c1-59(2,3)45-29-23-39(24-30-45)21-27-43-37-55(51-19-11-15-41-13-7-9-17-47(41)51)53-36-34-50-44(28-22-40-25-31-46(32-26-40)60(4,5)6)38-56(54-35-33-49(43)57(53)58(50)54)52-20-12-16-42-14-8-10-18-48(42)52;1-3-13-35(14-4-1)25-27-39-33-49(45-23-11-19-37-17-7-9-21-41(37)45)47-32-30-44-40(28-26-36-15-5-2-6-16-36)34-50(48-31-29-43(39)51(47)52(44)48)46-24-12-20-38-18-8-10-22-42(38)46/h7-20,23-26,29-38H,1-6H3;1-24,29-34H. The molecule has 0 heterocycles. The van der Waals surface area contributed by atoms with Gasteiger partial charge in [-0.3, -0.25) is 0 Å². The first-order valence-electron chi connectivity index (χ1n) is 38.7. The van der Waals surface area contributed by atoms with Gasteiger partial charge >= 0.3 is 0 Å². The zero-order valence-electron chi connectivity index (χ0n) is 63.5. The van der Waals surface area contributed by atoms with Gasteiger partial charge in [0.25, 0.3) is 0 Å². The van der Waals surface area contributed by atoms with Crippen molar-refractivity contribution in [3.63, 3.8) is 0 Å². The summed E-state index contributed by atoms with van der Waals surface area (Å²) in [6.07, 6.45) is 0. The molecule has 0 aliphatic heterocycles. The summed E-state index contributed by atoms with van der Waals surface area (Å²) in [7, 11) is 0. The zero-order chi connectivity index (χ0) is 75.6. The Morgan fingerprint density at radius 2 is 0.375 bits per heavy atom. The summed E-state index contributed by atoms with van der Waals surface area (Å²) in [6, 6.07) is 127. The highest BCUT2D eigenvalue weighted by molar-refractivity contribution is 6.32. The van der Waals surface area contributed by atoms with Crippen LogP contribution >= 0.6 is 0 Å². The Morgan fingerprint density at radius 3 is 0.625 bits per heavy atom. The molecule has 20 rings (SSSR count). The number of hydrogen-bond acceptors (Lipinski definition) is 0. The van der Waals surface area contributed by atoms with Crippen LogP contribution in [0.2, 0.25) is 0 Å². The van der Waals surface area contributed by atoms with Crippen LogP contribution in [-0.4, -0.2) is 0 Å². The van der Waals surface area contributed by atoms with E-state index in [1.54, 1.807) is 0 Å². The van der Waals surface area contributed by atoms with E-state index >= 15 is 0 Å². The molecule has 0 heteroatoms. The second-order valence-corrected chi connectivity index (χ2v) is 31.5. The zero-order valence-corrected chi connectivity index (χ0v) is 63.5. The number of fused-ring (bicyclic) bond motifs is 4. The van der Waals surface area contributed by atoms with E-state index in [1.165, 1.54) is 142 Å². The van der Waals surface area contributed by atoms with Gasteiger partial charge in [-0.05, 0) is 247 Å². The van der Waals surface area contributed by atoms with Gasteiger partial charge in [-0.25, -0.2) is 0 Å². The minimum atomic E-state index is 0.0798. The average molecular weight is 1420 g/mol. The molecule has 0 atom stereocenters. The van der Waals surface area contributed by atoms with E-state index in [1.807, 2.05) is 36.4 Å². The first-order valence-corrected chi connectivity index (χ1v) is 38.7. The summed E-state index contributed by atoms with van der Waals surface area (Å²) in [6.45, 7) is 13.5. The van der Waals surface area contributed by atoms with Crippen LogP contribution in [0.1, 0.15) is 97.2 Å². The number of rotatable bonds is 4. The molecule has 0 aliphatic rings. The smallest absolute Gasteiger partial charge is 0.0334 e. The van der Waals surface area contributed by atoms with Crippen LogP contribution in [0, 0.1) is 47.4 Å². The summed E-state index contributed by atoms with van der Waals surface area (Å²) in [4.78, 5) is 0. The van der Waals surface area contributed by atoms with Crippen LogP contribution in [0.4, 0.5) is 0 Å². The van der Waals surface area contributed by atoms with Gasteiger partial charge in [0, 0.05) is 44.5 Å². The number of benzene rings is 20. The van der Waals surface area contributed by atoms with Crippen molar-refractivity contribution in [1.29, 1.82) is 0 Å². The molecule has 0 aromatic heterocycles. The molecule has 0 spiro atoms. The maximum Gasteiger partial charge on any atom is 0.0334 e. The largest absolute Gasteiger partial charge is 0.0622 e. The lowest BCUT2D eigenvalue weighted by Gasteiger charge is -2.20. The fourth-order valence-electron chi connectivity index (χ4n) is 16.8. The van der Waals surface area contributed by atoms with Crippen molar-refractivity contribution in [3.8, 4) is 91.9 Å². The number of hydrogen-bond donors (Lipinski definition) is 0. The molecule has 0 saturated carbocycles. The Labute approximate surface area is 655 Å². The lowest BCUT2D eigenvalue weighted by atomic mass is 9.83. The van der Waals surface area contributed by atoms with Crippen LogP contribution in [0.25, 0.3) is 152 Å². The molecule has 0 N–H and O–H groups in total. The fourth-order valence-corrected chi connectivity index (χ4v) is 16.8. The molecule has 20 aromatic carbocycles. The highest BCUT2D eigenvalue weighted by Gasteiger charge is 2.24. The lowest BCUT2D eigenvalue weighted by Crippen LogP contribution is -2.10. The second-order valence-electron chi connectivity index (χ2n) is 31.5. The molecule has 0 bridgehead atoms. The van der Waals surface area contributed by atoms with Gasteiger partial charge < -0.3 is 0 Å². The van der Waals surface area contributed by atoms with Crippen molar-refractivity contribution in [2.75, 3.05) is 0 Å². The van der Waals surface area contributed by atoms with Crippen molar-refractivity contribution >= 4 is 108 Å². The third-order valence-electron chi connectivity index (χ3n) is 22.5. The Kier molecular flexibility index (Phi) is 17.1. The minimum Gasteiger partial charge on any atom is -0.0622 e. The molecule has 0 radical (unpaired) electrons. The van der Waals surface area contributed by atoms with E-state index in [0.29, 0.717) is 0 Å². The molecule has 20 aromatic rings. The predicted molar refractivity (Wildman–Crippen MR) is 479 cm³/mol. The van der Waals surface area contributed by atoms with E-state index in [0.717, 1.165) is 66.1 Å². The normalized spacial score (nSPS) is 11.6. The van der Waals surface area contributed by atoms with E-state index in [-0.39, 0.29) is 10.8 Å². The molecular formula is C112H76. The molecule has 0 nitrogen and oxygen atoms in total. The van der Waals surface area contributed by atoms with Crippen molar-refractivity contribution in [3.05, 3.63) is 407 Å². The monoisotopic (exact) mass is 1420 g/mol. The van der Waals surface area contributed by atoms with Gasteiger partial charge in [0.05, 0.1) is 0 Å². The topological polar surface area (TPSA) is 0 Å². The third-order valence-corrected chi connectivity index (χ3v) is 22.5. The SMILES string of the molecule is C(#Cc1cc(-c2cccc3ccccc23)c2ccc3c(C#Cc4ccccc4)cc(-c4cccc5ccccc45)c4ccc1c2c34)c1ccccc1.CC(C)(C)c1ccc(C#Cc2cc(-c3cccc4ccccc34)c3ccc4c(C#Cc5ccc(C(C)(C)C)cc5)cc(-c5cccc6ccccc56)c5ccc2c3c45)cc1. The average Bonchev–Trinajstić information content (AvgIpc) is 0.713. The lowest BCUT2D eigenvalue weighted by molar-refractivity contribution is 0.590. The van der Waals surface area contributed by atoms with Crippen LogP contribution in [0.3, 0.4) is 0 Å². The maximum absolute atomic E-state index is 3.70. The van der Waals surface area contributed by atoms with Crippen molar-refractivity contribution in [2.24, 2.45) is 0 Å². The van der Waals surface area contributed by atoms with E-state index in [4.69, 9.17) is 0 Å². The van der Waals surface area contributed by atoms with Crippen LogP contribution in [-0.2, 0) is 10.8 Å². The van der Waals surface area contributed by atoms with Crippen molar-refractivity contribution in [1.82, 2.24) is 0 Å². The van der Waals surface area contributed by atoms with E-state index < -0.39 is 0 Å². The summed E-state index contributed by atoms with van der Waals surface area (Å²) in [5, 5.41) is 24.2. The molecule has 112 heavy (non-hydrogen) atoms. The van der Waals surface area contributed by atoms with Crippen LogP contribution in [0.5, 0.6) is 0 Å². The highest BCUT2D eigenvalue weighted by atomic mass is 14.3. The first kappa shape index (κ1) is 68.3. The molecule has 0 saturated heterocycles. The van der Waals surface area contributed by atoms with Gasteiger partial charge in [-0.15, -0.1) is 0 Å². The quantitative estimate of drug-likeness (QED) is 0.122. The summed E-state index contributed by atoms with van der Waals surface area (Å²) in [5.41, 5.74) is 20.4. The summed E-state index contributed by atoms with van der Waals surface area (Å²) in [5.74, 6) is 28.8. The second kappa shape index (κ2) is 28.1. The molecular weight excluding hydrogens is 1350 g/mol. The Balaban J connectivity index is 0.000000152. The Hall–Kier alpha value is -14.2. The summed E-state index contributed by atoms with van der Waals surface area (Å²) >= 11 is 0. The van der Waals surface area contributed by atoms with Crippen molar-refractivity contribution in [2.45, 2.75) is 52.4 Å².